The summed E-state index contributed by atoms with van der Waals surface area (Å²) in [7, 11) is 0. The second-order valence-corrected chi connectivity index (χ2v) is 7.04. The molecule has 1 aromatic heterocycles. The molecule has 0 spiro atoms. The second kappa shape index (κ2) is 4.67. The number of carbonyl (C=O) groups is 1. The van der Waals surface area contributed by atoms with E-state index < -0.39 is 0 Å². The largest absolute Gasteiger partial charge is 0.303 e. The first-order valence-electron chi connectivity index (χ1n) is 8.40. The Balaban J connectivity index is 1.56. The summed E-state index contributed by atoms with van der Waals surface area (Å²) < 4.78 is 1.90. The van der Waals surface area contributed by atoms with Gasteiger partial charge in [-0.15, -0.1) is 0 Å². The van der Waals surface area contributed by atoms with E-state index in [0.717, 1.165) is 18.6 Å². The maximum atomic E-state index is 13.1. The lowest BCUT2D eigenvalue weighted by molar-refractivity contribution is 0.0266. The van der Waals surface area contributed by atoms with Gasteiger partial charge in [-0.05, 0) is 49.4 Å². The summed E-state index contributed by atoms with van der Waals surface area (Å²) in [5.41, 5.74) is 2.34. The number of fused-ring (bicyclic) bond motifs is 3. The Kier molecular flexibility index (Phi) is 2.73. The minimum absolute atomic E-state index is 0.0453. The van der Waals surface area contributed by atoms with E-state index in [1.54, 1.807) is 0 Å². The third kappa shape index (κ3) is 1.74. The van der Waals surface area contributed by atoms with Crippen LogP contribution in [0.25, 0.3) is 10.9 Å². The van der Waals surface area contributed by atoms with Gasteiger partial charge >= 0.3 is 0 Å². The minimum Gasteiger partial charge on any atom is -0.303 e. The molecule has 0 radical (unpaired) electrons. The van der Waals surface area contributed by atoms with Gasteiger partial charge < -0.3 is 10.2 Å². The molecule has 2 aromatic rings. The highest BCUT2D eigenvalue weighted by Crippen LogP contribution is 2.36. The predicted octanol–water partition coefficient (Wildman–Crippen LogP) is 2.10. The van der Waals surface area contributed by atoms with Crippen LogP contribution in [0.15, 0.2) is 30.5 Å². The van der Waals surface area contributed by atoms with Crippen molar-refractivity contribution < 1.29 is 4.79 Å². The number of nitrogens with zero attached hydrogens (tertiary/aromatic N) is 2. The van der Waals surface area contributed by atoms with Gasteiger partial charge in [0.1, 0.15) is 0 Å². The number of hydrogen-bond acceptors (Lipinski definition) is 3. The van der Waals surface area contributed by atoms with Gasteiger partial charge in [-0.25, -0.2) is 0 Å². The highest BCUT2D eigenvalue weighted by atomic mass is 16.2. The van der Waals surface area contributed by atoms with Gasteiger partial charge in [0.25, 0.3) is 0 Å². The molecule has 4 heteroatoms. The molecule has 3 saturated heterocycles. The molecule has 2 bridgehead atoms. The SMILES string of the molecule is O=C1[C@@H](C2CN3CCC2CC3)NCc2cccc3ccn1c23. The number of carbonyl (C=O) groups excluding carboxylic acids is 1. The van der Waals surface area contributed by atoms with Crippen LogP contribution >= 0.6 is 0 Å². The van der Waals surface area contributed by atoms with E-state index in [1.807, 2.05) is 10.8 Å². The fraction of sp³-hybridized carbons (Fsp3) is 0.500. The Morgan fingerprint density at radius 2 is 2.00 bits per heavy atom. The number of para-hydroxylation sites is 1. The Labute approximate surface area is 130 Å². The lowest BCUT2D eigenvalue weighted by atomic mass is 9.75. The van der Waals surface area contributed by atoms with E-state index in [2.05, 4.69) is 34.5 Å². The zero-order valence-electron chi connectivity index (χ0n) is 12.7. The van der Waals surface area contributed by atoms with Crippen molar-refractivity contribution in [2.45, 2.75) is 25.4 Å². The number of rotatable bonds is 1. The third-order valence-electron chi connectivity index (χ3n) is 5.95. The van der Waals surface area contributed by atoms with Gasteiger partial charge in [-0.2, -0.15) is 0 Å². The Bertz CT molecular complexity index is 742. The van der Waals surface area contributed by atoms with Crippen LogP contribution in [-0.2, 0) is 6.54 Å². The number of nitrogens with one attached hydrogen (secondary N) is 1. The zero-order chi connectivity index (χ0) is 14.7. The van der Waals surface area contributed by atoms with E-state index in [0.29, 0.717) is 11.8 Å². The van der Waals surface area contributed by atoms with E-state index in [9.17, 15) is 4.79 Å². The van der Waals surface area contributed by atoms with Crippen molar-refractivity contribution in [3.63, 3.8) is 0 Å². The molecule has 4 nitrogen and oxygen atoms in total. The van der Waals surface area contributed by atoms with Crippen LogP contribution in [0.5, 0.6) is 0 Å². The quantitative estimate of drug-likeness (QED) is 0.875. The monoisotopic (exact) mass is 295 g/mol. The predicted molar refractivity (Wildman–Crippen MR) is 85.8 cm³/mol. The van der Waals surface area contributed by atoms with Crippen LogP contribution in [0.2, 0.25) is 0 Å². The molecular weight excluding hydrogens is 274 g/mol. The molecule has 114 valence electrons. The van der Waals surface area contributed by atoms with Gasteiger partial charge in [0.15, 0.2) is 0 Å². The Morgan fingerprint density at radius 3 is 2.77 bits per heavy atom. The van der Waals surface area contributed by atoms with Crippen molar-refractivity contribution in [3.05, 3.63) is 36.0 Å². The van der Waals surface area contributed by atoms with Gasteiger partial charge in [0.2, 0.25) is 5.91 Å². The fourth-order valence-corrected chi connectivity index (χ4v) is 4.78. The molecule has 0 saturated carbocycles. The summed E-state index contributed by atoms with van der Waals surface area (Å²) >= 11 is 0. The summed E-state index contributed by atoms with van der Waals surface area (Å²) in [4.78, 5) is 15.7. The summed E-state index contributed by atoms with van der Waals surface area (Å²) in [6, 6.07) is 8.34. The summed E-state index contributed by atoms with van der Waals surface area (Å²) in [5, 5.41) is 4.75. The molecule has 1 aromatic carbocycles. The molecule has 4 aliphatic rings. The van der Waals surface area contributed by atoms with Crippen molar-refractivity contribution in [1.82, 2.24) is 14.8 Å². The number of hydrogen-bond donors (Lipinski definition) is 1. The maximum Gasteiger partial charge on any atom is 0.248 e. The number of piperidine rings is 3. The first kappa shape index (κ1) is 12.9. The lowest BCUT2D eigenvalue weighted by Crippen LogP contribution is -2.57. The molecule has 5 heterocycles. The first-order chi connectivity index (χ1) is 10.8. The molecular formula is C18H21N3O. The third-order valence-corrected chi connectivity index (χ3v) is 5.95. The molecule has 4 aliphatic heterocycles. The van der Waals surface area contributed by atoms with Crippen molar-refractivity contribution in [1.29, 1.82) is 0 Å². The van der Waals surface area contributed by atoms with E-state index in [4.69, 9.17) is 0 Å². The van der Waals surface area contributed by atoms with Gasteiger partial charge in [-0.1, -0.05) is 18.2 Å². The Morgan fingerprint density at radius 1 is 1.14 bits per heavy atom. The molecule has 3 fully saturated rings. The molecule has 1 N–H and O–H groups in total. The van der Waals surface area contributed by atoms with Gasteiger partial charge in [0, 0.05) is 24.7 Å². The zero-order valence-corrected chi connectivity index (χ0v) is 12.7. The second-order valence-electron chi connectivity index (χ2n) is 7.04. The molecule has 22 heavy (non-hydrogen) atoms. The van der Waals surface area contributed by atoms with Crippen LogP contribution in [0.1, 0.15) is 23.2 Å². The van der Waals surface area contributed by atoms with Crippen LogP contribution in [0.3, 0.4) is 0 Å². The van der Waals surface area contributed by atoms with Crippen LogP contribution in [0.4, 0.5) is 0 Å². The van der Waals surface area contributed by atoms with Crippen molar-refractivity contribution in [2.75, 3.05) is 19.6 Å². The Hall–Kier alpha value is -1.65. The highest BCUT2D eigenvalue weighted by Gasteiger charge is 2.42. The van der Waals surface area contributed by atoms with Gasteiger partial charge in [0.05, 0.1) is 11.6 Å². The smallest absolute Gasteiger partial charge is 0.248 e. The topological polar surface area (TPSA) is 37.3 Å². The van der Waals surface area contributed by atoms with E-state index in [-0.39, 0.29) is 11.9 Å². The van der Waals surface area contributed by atoms with Gasteiger partial charge in [-0.3, -0.25) is 9.36 Å². The maximum absolute atomic E-state index is 13.1. The summed E-state index contributed by atoms with van der Waals surface area (Å²) in [6.07, 6.45) is 4.46. The average Bonchev–Trinajstić information content (AvgIpc) is 2.94. The van der Waals surface area contributed by atoms with E-state index >= 15 is 0 Å². The normalized spacial score (nSPS) is 34.1. The van der Waals surface area contributed by atoms with E-state index in [1.165, 1.54) is 36.9 Å². The molecule has 2 atom stereocenters. The highest BCUT2D eigenvalue weighted by molar-refractivity contribution is 5.97. The van der Waals surface area contributed by atoms with Crippen LogP contribution in [0, 0.1) is 11.8 Å². The molecule has 6 rings (SSSR count). The molecule has 1 unspecified atom stereocenters. The summed E-state index contributed by atoms with van der Waals surface area (Å²) in [6.45, 7) is 4.31. The van der Waals surface area contributed by atoms with Crippen LogP contribution in [-0.4, -0.2) is 41.1 Å². The molecule has 0 aliphatic carbocycles. The fourth-order valence-electron chi connectivity index (χ4n) is 4.78. The van der Waals surface area contributed by atoms with Crippen molar-refractivity contribution in [2.24, 2.45) is 11.8 Å². The van der Waals surface area contributed by atoms with Crippen LogP contribution < -0.4 is 5.32 Å². The standard InChI is InChI=1S/C18H21N3O/c22-18-16(15-11-20-7-4-12(15)5-8-20)19-10-14-3-1-2-13-6-9-21(18)17(13)14/h1-3,6,9,12,15-16,19H,4-5,7-8,10-11H2/t15?,16-/m1/s1. The van der Waals surface area contributed by atoms with Crippen molar-refractivity contribution in [3.8, 4) is 0 Å². The van der Waals surface area contributed by atoms with Crippen molar-refractivity contribution >= 4 is 16.8 Å². The summed E-state index contributed by atoms with van der Waals surface area (Å²) in [5.74, 6) is 1.40. The first-order valence-corrected chi connectivity index (χ1v) is 8.40. The minimum atomic E-state index is -0.0453. The lowest BCUT2D eigenvalue weighted by Gasteiger charge is -2.47. The number of benzene rings is 1. The average molecular weight is 295 g/mol. The number of aromatic nitrogens is 1. The molecule has 0 amide bonds.